The Hall–Kier alpha value is -2.24. The summed E-state index contributed by atoms with van der Waals surface area (Å²) in [5.41, 5.74) is 2.43. The van der Waals surface area contributed by atoms with Crippen molar-refractivity contribution in [1.82, 2.24) is 14.4 Å². The standard InChI is InChI=1S/C29H41N3O2/c1-30-28-22-24(33-20-8-18-31-14-4-2-5-15-31)10-12-26(28)27-13-11-25(23-29(27)30)34-21-9-19-32-16-6-3-7-17-32/h10-13,22-23H,2-9,14-21H2,1H3. The summed E-state index contributed by atoms with van der Waals surface area (Å²) in [6.45, 7) is 8.88. The van der Waals surface area contributed by atoms with Crippen LogP contribution in [0.3, 0.4) is 0 Å². The molecule has 0 unspecified atom stereocenters. The van der Waals surface area contributed by atoms with Gasteiger partial charge in [-0.1, -0.05) is 12.8 Å². The van der Waals surface area contributed by atoms with Crippen molar-refractivity contribution in [2.75, 3.05) is 52.5 Å². The number of hydrogen-bond donors (Lipinski definition) is 0. The number of nitrogens with zero attached hydrogens (tertiary/aromatic N) is 3. The van der Waals surface area contributed by atoms with E-state index in [0.717, 1.165) is 50.6 Å². The average molecular weight is 464 g/mol. The predicted octanol–water partition coefficient (Wildman–Crippen LogP) is 5.84. The smallest absolute Gasteiger partial charge is 0.121 e. The SMILES string of the molecule is Cn1c2cc(OCCCN3CCCCC3)ccc2c2ccc(OCCCN3CCCCC3)cc21. The summed E-state index contributed by atoms with van der Waals surface area (Å²) in [6.07, 6.45) is 10.4. The van der Waals surface area contributed by atoms with Gasteiger partial charge in [-0.05, 0) is 89.0 Å². The average Bonchev–Trinajstić information content (AvgIpc) is 3.16. The topological polar surface area (TPSA) is 29.9 Å². The van der Waals surface area contributed by atoms with E-state index >= 15 is 0 Å². The molecule has 2 fully saturated rings. The zero-order valence-corrected chi connectivity index (χ0v) is 20.9. The lowest BCUT2D eigenvalue weighted by Gasteiger charge is -2.26. The van der Waals surface area contributed by atoms with Gasteiger partial charge in [-0.25, -0.2) is 0 Å². The second-order valence-electron chi connectivity index (χ2n) is 10.1. The maximum atomic E-state index is 6.13. The van der Waals surface area contributed by atoms with Gasteiger partial charge in [0, 0.05) is 43.0 Å². The molecule has 3 aromatic rings. The van der Waals surface area contributed by atoms with Gasteiger partial charge in [0.05, 0.1) is 24.2 Å². The molecule has 0 N–H and O–H groups in total. The molecule has 1 aromatic heterocycles. The molecule has 0 atom stereocenters. The van der Waals surface area contributed by atoms with Crippen molar-refractivity contribution < 1.29 is 9.47 Å². The van der Waals surface area contributed by atoms with Gasteiger partial charge in [-0.15, -0.1) is 0 Å². The Morgan fingerprint density at radius 3 is 1.50 bits per heavy atom. The first-order chi connectivity index (χ1) is 16.8. The molecule has 5 heteroatoms. The molecular weight excluding hydrogens is 422 g/mol. The van der Waals surface area contributed by atoms with Gasteiger partial charge in [-0.2, -0.15) is 0 Å². The maximum Gasteiger partial charge on any atom is 0.121 e. The number of fused-ring (bicyclic) bond motifs is 3. The third kappa shape index (κ3) is 5.69. The van der Waals surface area contributed by atoms with Crippen LogP contribution in [-0.2, 0) is 7.05 Å². The summed E-state index contributed by atoms with van der Waals surface area (Å²) in [6, 6.07) is 13.0. The van der Waals surface area contributed by atoms with E-state index in [1.165, 1.54) is 86.5 Å². The van der Waals surface area contributed by atoms with Crippen molar-refractivity contribution in [2.24, 2.45) is 7.05 Å². The summed E-state index contributed by atoms with van der Waals surface area (Å²) in [5, 5.41) is 2.55. The number of aryl methyl sites for hydroxylation is 1. The molecule has 0 spiro atoms. The van der Waals surface area contributed by atoms with E-state index in [1.807, 2.05) is 0 Å². The highest BCUT2D eigenvalue weighted by molar-refractivity contribution is 6.08. The van der Waals surface area contributed by atoms with E-state index in [0.29, 0.717) is 0 Å². The first-order valence-corrected chi connectivity index (χ1v) is 13.5. The van der Waals surface area contributed by atoms with E-state index in [4.69, 9.17) is 9.47 Å². The third-order valence-corrected chi connectivity index (χ3v) is 7.62. The Bertz CT molecular complexity index is 981. The van der Waals surface area contributed by atoms with Crippen molar-refractivity contribution in [2.45, 2.75) is 51.4 Å². The summed E-state index contributed by atoms with van der Waals surface area (Å²) in [5.74, 6) is 1.93. The van der Waals surface area contributed by atoms with E-state index in [-0.39, 0.29) is 0 Å². The van der Waals surface area contributed by atoms with Gasteiger partial charge >= 0.3 is 0 Å². The Kier molecular flexibility index (Phi) is 7.92. The van der Waals surface area contributed by atoms with Crippen LogP contribution >= 0.6 is 0 Å². The molecule has 184 valence electrons. The van der Waals surface area contributed by atoms with Gasteiger partial charge in [0.1, 0.15) is 11.5 Å². The molecule has 0 aliphatic carbocycles. The molecule has 2 aliphatic heterocycles. The normalized spacial score (nSPS) is 18.0. The summed E-state index contributed by atoms with van der Waals surface area (Å²) >= 11 is 0. The number of ether oxygens (including phenoxy) is 2. The first-order valence-electron chi connectivity index (χ1n) is 13.5. The van der Waals surface area contributed by atoms with Gasteiger partial charge in [0.15, 0.2) is 0 Å². The van der Waals surface area contributed by atoms with Gasteiger partial charge in [0.25, 0.3) is 0 Å². The number of benzene rings is 2. The van der Waals surface area contributed by atoms with Crippen LogP contribution in [0.1, 0.15) is 51.4 Å². The maximum absolute atomic E-state index is 6.13. The van der Waals surface area contributed by atoms with Gasteiger partial charge in [-0.3, -0.25) is 0 Å². The molecule has 5 nitrogen and oxygen atoms in total. The zero-order valence-electron chi connectivity index (χ0n) is 20.9. The van der Waals surface area contributed by atoms with Gasteiger partial charge in [0.2, 0.25) is 0 Å². The van der Waals surface area contributed by atoms with Crippen LogP contribution in [-0.4, -0.2) is 66.8 Å². The fraction of sp³-hybridized carbons (Fsp3) is 0.586. The van der Waals surface area contributed by atoms with E-state index in [1.54, 1.807) is 0 Å². The Balaban J connectivity index is 1.17. The lowest BCUT2D eigenvalue weighted by Crippen LogP contribution is -2.31. The molecular formula is C29H41N3O2. The number of piperidine rings is 2. The fourth-order valence-corrected chi connectivity index (χ4v) is 5.67. The van der Waals surface area contributed by atoms with Crippen molar-refractivity contribution in [3.05, 3.63) is 36.4 Å². The quantitative estimate of drug-likeness (QED) is 0.353. The highest BCUT2D eigenvalue weighted by atomic mass is 16.5. The molecule has 2 aromatic carbocycles. The molecule has 0 bridgehead atoms. The molecule has 34 heavy (non-hydrogen) atoms. The lowest BCUT2D eigenvalue weighted by molar-refractivity contribution is 0.205. The summed E-state index contributed by atoms with van der Waals surface area (Å²) in [7, 11) is 2.14. The molecule has 0 radical (unpaired) electrons. The van der Waals surface area contributed by atoms with Crippen LogP contribution in [0, 0.1) is 0 Å². The number of likely N-dealkylation sites (tertiary alicyclic amines) is 2. The number of hydrogen-bond acceptors (Lipinski definition) is 4. The number of rotatable bonds is 10. The monoisotopic (exact) mass is 463 g/mol. The third-order valence-electron chi connectivity index (χ3n) is 7.62. The van der Waals surface area contributed by atoms with E-state index < -0.39 is 0 Å². The summed E-state index contributed by atoms with van der Waals surface area (Å²) in [4.78, 5) is 5.15. The van der Waals surface area contributed by atoms with Crippen LogP contribution in [0.5, 0.6) is 11.5 Å². The first kappa shape index (κ1) is 23.5. The van der Waals surface area contributed by atoms with E-state index in [2.05, 4.69) is 57.8 Å². The van der Waals surface area contributed by atoms with Crippen molar-refractivity contribution in [1.29, 1.82) is 0 Å². The second-order valence-corrected chi connectivity index (χ2v) is 10.1. The van der Waals surface area contributed by atoms with Crippen molar-refractivity contribution >= 4 is 21.8 Å². The zero-order chi connectivity index (χ0) is 23.2. The Morgan fingerprint density at radius 1 is 0.618 bits per heavy atom. The van der Waals surface area contributed by atoms with Crippen molar-refractivity contribution in [3.63, 3.8) is 0 Å². The highest BCUT2D eigenvalue weighted by Crippen LogP contribution is 2.33. The minimum absolute atomic E-state index is 0.779. The van der Waals surface area contributed by atoms with Crippen LogP contribution in [0.15, 0.2) is 36.4 Å². The lowest BCUT2D eigenvalue weighted by atomic mass is 10.1. The van der Waals surface area contributed by atoms with Gasteiger partial charge < -0.3 is 23.8 Å². The molecule has 5 rings (SSSR count). The molecule has 3 heterocycles. The van der Waals surface area contributed by atoms with Crippen LogP contribution in [0.25, 0.3) is 21.8 Å². The van der Waals surface area contributed by atoms with Crippen LogP contribution < -0.4 is 9.47 Å². The van der Waals surface area contributed by atoms with Crippen LogP contribution in [0.2, 0.25) is 0 Å². The molecule has 2 saturated heterocycles. The fourth-order valence-electron chi connectivity index (χ4n) is 5.67. The predicted molar refractivity (Wildman–Crippen MR) is 141 cm³/mol. The van der Waals surface area contributed by atoms with E-state index in [9.17, 15) is 0 Å². The molecule has 2 aliphatic rings. The Morgan fingerprint density at radius 2 is 1.06 bits per heavy atom. The van der Waals surface area contributed by atoms with Crippen molar-refractivity contribution in [3.8, 4) is 11.5 Å². The molecule has 0 saturated carbocycles. The van der Waals surface area contributed by atoms with Crippen LogP contribution in [0.4, 0.5) is 0 Å². The number of aromatic nitrogens is 1. The summed E-state index contributed by atoms with van der Waals surface area (Å²) < 4.78 is 14.5. The largest absolute Gasteiger partial charge is 0.493 e. The highest BCUT2D eigenvalue weighted by Gasteiger charge is 2.13. The molecule has 0 amide bonds. The second kappa shape index (κ2) is 11.5. The minimum Gasteiger partial charge on any atom is -0.493 e. The minimum atomic E-state index is 0.779. The Labute approximate surface area is 204 Å².